The first-order chi connectivity index (χ1) is 7.27. The van der Waals surface area contributed by atoms with E-state index in [1.165, 1.54) is 24.8 Å². The molecule has 1 nitrogen and oxygen atoms in total. The van der Waals surface area contributed by atoms with Crippen LogP contribution >= 0.6 is 0 Å². The van der Waals surface area contributed by atoms with Crippen LogP contribution in [0.4, 0.5) is 0 Å². The van der Waals surface area contributed by atoms with Crippen molar-refractivity contribution in [2.24, 2.45) is 0 Å². The zero-order chi connectivity index (χ0) is 11.1. The Hall–Kier alpha value is -0.980. The lowest BCUT2D eigenvalue weighted by Gasteiger charge is -2.06. The van der Waals surface area contributed by atoms with Gasteiger partial charge in [0, 0.05) is 0 Å². The number of rotatable bonds is 6. The first-order valence-electron chi connectivity index (χ1n) is 6.08. The number of unbranched alkanes of at least 4 members (excludes halogenated alkanes) is 2. The highest BCUT2D eigenvalue weighted by Gasteiger charge is 2.01. The molecule has 1 aromatic rings. The molecule has 0 atom stereocenters. The van der Waals surface area contributed by atoms with Gasteiger partial charge in [0.1, 0.15) is 5.75 Å². The molecule has 0 amide bonds. The third-order valence-electron chi connectivity index (χ3n) is 2.77. The van der Waals surface area contributed by atoms with Gasteiger partial charge in [0.05, 0.1) is 0 Å². The van der Waals surface area contributed by atoms with Crippen molar-refractivity contribution in [2.45, 2.75) is 52.4 Å². The molecular weight excluding hydrogens is 184 g/mol. The number of benzene rings is 1. The van der Waals surface area contributed by atoms with E-state index in [4.69, 9.17) is 0 Å². The SMILES string of the molecule is CCCCc1ccc(CCCC)c(O)c1. The second kappa shape index (κ2) is 6.49. The summed E-state index contributed by atoms with van der Waals surface area (Å²) >= 11 is 0. The Morgan fingerprint density at radius 1 is 1.00 bits per heavy atom. The standard InChI is InChI=1S/C14H22O/c1-3-5-7-12-9-10-13(8-6-4-2)14(15)11-12/h9-11,15H,3-8H2,1-2H3. The van der Waals surface area contributed by atoms with Crippen molar-refractivity contribution in [2.75, 3.05) is 0 Å². The van der Waals surface area contributed by atoms with E-state index >= 15 is 0 Å². The molecule has 1 N–H and O–H groups in total. The van der Waals surface area contributed by atoms with Crippen LogP contribution in [0.2, 0.25) is 0 Å². The Kier molecular flexibility index (Phi) is 5.23. The summed E-state index contributed by atoms with van der Waals surface area (Å²) in [5.74, 6) is 0.483. The lowest BCUT2D eigenvalue weighted by Crippen LogP contribution is -1.89. The van der Waals surface area contributed by atoms with Gasteiger partial charge in [0.2, 0.25) is 0 Å². The summed E-state index contributed by atoms with van der Waals surface area (Å²) in [6, 6.07) is 6.16. The second-order valence-electron chi connectivity index (χ2n) is 4.17. The fraction of sp³-hybridized carbons (Fsp3) is 0.571. The molecule has 0 aromatic heterocycles. The van der Waals surface area contributed by atoms with Gasteiger partial charge < -0.3 is 5.11 Å². The highest BCUT2D eigenvalue weighted by atomic mass is 16.3. The highest BCUT2D eigenvalue weighted by Crippen LogP contribution is 2.21. The van der Waals surface area contributed by atoms with Gasteiger partial charge in [0.15, 0.2) is 0 Å². The Bertz CT molecular complexity index is 291. The number of hydrogen-bond acceptors (Lipinski definition) is 1. The maximum atomic E-state index is 9.82. The Morgan fingerprint density at radius 3 is 2.27 bits per heavy atom. The molecule has 0 fully saturated rings. The minimum absolute atomic E-state index is 0.483. The first kappa shape index (κ1) is 12.1. The van der Waals surface area contributed by atoms with Crippen molar-refractivity contribution in [1.29, 1.82) is 0 Å². The largest absolute Gasteiger partial charge is 0.508 e. The van der Waals surface area contributed by atoms with Gasteiger partial charge in [-0.15, -0.1) is 0 Å². The van der Waals surface area contributed by atoms with Gasteiger partial charge in [-0.05, 0) is 42.9 Å². The lowest BCUT2D eigenvalue weighted by molar-refractivity contribution is 0.466. The molecule has 0 saturated heterocycles. The summed E-state index contributed by atoms with van der Waals surface area (Å²) in [6.45, 7) is 4.36. The number of aromatic hydroxyl groups is 1. The van der Waals surface area contributed by atoms with Crippen LogP contribution in [0.1, 0.15) is 50.7 Å². The van der Waals surface area contributed by atoms with Crippen LogP contribution in [-0.2, 0) is 12.8 Å². The van der Waals surface area contributed by atoms with Crippen molar-refractivity contribution < 1.29 is 5.11 Å². The minimum atomic E-state index is 0.483. The molecule has 84 valence electrons. The molecule has 0 aliphatic rings. The quantitative estimate of drug-likeness (QED) is 0.743. The zero-order valence-electron chi connectivity index (χ0n) is 9.92. The summed E-state index contributed by atoms with van der Waals surface area (Å²) in [5, 5.41) is 9.82. The van der Waals surface area contributed by atoms with Gasteiger partial charge >= 0.3 is 0 Å². The van der Waals surface area contributed by atoms with Crippen LogP contribution in [0.3, 0.4) is 0 Å². The molecule has 0 aliphatic carbocycles. The third-order valence-corrected chi connectivity index (χ3v) is 2.77. The number of phenolic OH excluding ortho intramolecular Hbond substituents is 1. The summed E-state index contributed by atoms with van der Waals surface area (Å²) in [4.78, 5) is 0. The average Bonchev–Trinajstić information content (AvgIpc) is 2.25. The first-order valence-corrected chi connectivity index (χ1v) is 6.08. The number of aryl methyl sites for hydroxylation is 2. The predicted molar refractivity (Wildman–Crippen MR) is 65.3 cm³/mol. The van der Waals surface area contributed by atoms with E-state index in [0.29, 0.717) is 5.75 Å². The molecule has 0 heterocycles. The third kappa shape index (κ3) is 3.94. The number of phenols is 1. The number of hydrogen-bond donors (Lipinski definition) is 1. The smallest absolute Gasteiger partial charge is 0.119 e. The summed E-state index contributed by atoms with van der Waals surface area (Å²) in [5.41, 5.74) is 2.35. The van der Waals surface area contributed by atoms with Crippen molar-refractivity contribution in [3.8, 4) is 5.75 Å². The van der Waals surface area contributed by atoms with Gasteiger partial charge in [0.25, 0.3) is 0 Å². The van der Waals surface area contributed by atoms with Crippen LogP contribution in [-0.4, -0.2) is 5.11 Å². The van der Waals surface area contributed by atoms with Crippen molar-refractivity contribution in [3.63, 3.8) is 0 Å². The molecule has 1 aromatic carbocycles. The minimum Gasteiger partial charge on any atom is -0.508 e. The zero-order valence-corrected chi connectivity index (χ0v) is 9.92. The van der Waals surface area contributed by atoms with Gasteiger partial charge in [-0.3, -0.25) is 0 Å². The maximum Gasteiger partial charge on any atom is 0.119 e. The Balaban J connectivity index is 2.61. The van der Waals surface area contributed by atoms with Gasteiger partial charge in [-0.1, -0.05) is 38.8 Å². The lowest BCUT2D eigenvalue weighted by atomic mass is 10.0. The Labute approximate surface area is 93.1 Å². The molecule has 0 radical (unpaired) electrons. The van der Waals surface area contributed by atoms with E-state index in [2.05, 4.69) is 26.0 Å². The second-order valence-corrected chi connectivity index (χ2v) is 4.17. The topological polar surface area (TPSA) is 20.2 Å². The fourth-order valence-corrected chi connectivity index (χ4v) is 1.72. The molecule has 0 aliphatic heterocycles. The molecule has 0 bridgehead atoms. The summed E-state index contributed by atoms with van der Waals surface area (Å²) < 4.78 is 0. The molecule has 1 rings (SSSR count). The highest BCUT2D eigenvalue weighted by molar-refractivity contribution is 5.36. The molecule has 0 spiro atoms. The van der Waals surface area contributed by atoms with Gasteiger partial charge in [-0.25, -0.2) is 0 Å². The van der Waals surface area contributed by atoms with Crippen LogP contribution < -0.4 is 0 Å². The maximum absolute atomic E-state index is 9.82. The van der Waals surface area contributed by atoms with E-state index in [1.54, 1.807) is 0 Å². The van der Waals surface area contributed by atoms with Crippen molar-refractivity contribution in [3.05, 3.63) is 29.3 Å². The van der Waals surface area contributed by atoms with E-state index < -0.39 is 0 Å². The van der Waals surface area contributed by atoms with Crippen LogP contribution in [0, 0.1) is 0 Å². The summed E-state index contributed by atoms with van der Waals surface area (Å²) in [6.07, 6.45) is 6.82. The molecule has 0 saturated carbocycles. The monoisotopic (exact) mass is 206 g/mol. The van der Waals surface area contributed by atoms with Crippen LogP contribution in [0.15, 0.2) is 18.2 Å². The van der Waals surface area contributed by atoms with Gasteiger partial charge in [-0.2, -0.15) is 0 Å². The van der Waals surface area contributed by atoms with Crippen molar-refractivity contribution in [1.82, 2.24) is 0 Å². The molecule has 1 heteroatoms. The molecule has 15 heavy (non-hydrogen) atoms. The normalized spacial score (nSPS) is 10.5. The summed E-state index contributed by atoms with van der Waals surface area (Å²) in [7, 11) is 0. The Morgan fingerprint density at radius 2 is 1.67 bits per heavy atom. The van der Waals surface area contributed by atoms with Crippen LogP contribution in [0.5, 0.6) is 5.75 Å². The molecule has 0 unspecified atom stereocenters. The van der Waals surface area contributed by atoms with Crippen LogP contribution in [0.25, 0.3) is 0 Å². The van der Waals surface area contributed by atoms with E-state index in [0.717, 1.165) is 24.8 Å². The molecular formula is C14H22O. The van der Waals surface area contributed by atoms with E-state index in [9.17, 15) is 5.11 Å². The average molecular weight is 206 g/mol. The predicted octanol–water partition coefficient (Wildman–Crippen LogP) is 4.08. The fourth-order valence-electron chi connectivity index (χ4n) is 1.72. The van der Waals surface area contributed by atoms with E-state index in [1.807, 2.05) is 6.07 Å². The van der Waals surface area contributed by atoms with E-state index in [-0.39, 0.29) is 0 Å². The van der Waals surface area contributed by atoms with Crippen molar-refractivity contribution >= 4 is 0 Å².